The molecule has 0 saturated carbocycles. The van der Waals surface area contributed by atoms with Crippen molar-refractivity contribution in [3.8, 4) is 5.75 Å². The van der Waals surface area contributed by atoms with Crippen molar-refractivity contribution < 1.29 is 13.9 Å². The Labute approximate surface area is 143 Å². The number of carbonyl (C=O) groups excluding carboxylic acids is 1. The third-order valence-electron chi connectivity index (χ3n) is 3.45. The number of amides is 1. The van der Waals surface area contributed by atoms with Crippen LogP contribution in [0.15, 0.2) is 42.5 Å². The molecule has 0 radical (unpaired) electrons. The van der Waals surface area contributed by atoms with Gasteiger partial charge in [0.15, 0.2) is 11.7 Å². The number of hydrogen-bond acceptors (Lipinski definition) is 4. The number of ether oxygens (including phenoxy) is 1. The number of hydrogen-bond donors (Lipinski definition) is 1. The Morgan fingerprint density at radius 1 is 1.25 bits per heavy atom. The maximum absolute atomic E-state index is 13.6. The number of carbonyl (C=O) groups is 1. The standard InChI is InChI=1S/C18H17FN2O2S/c1-2-4-12-7-9-13(10-8-12)23-11-16(22)20-18-21-17-14(19)5-3-6-15(17)24-18/h3,5-10H,2,4,11H2,1H3,(H,20,21,22). The molecule has 0 fully saturated rings. The molecule has 0 aliphatic carbocycles. The lowest BCUT2D eigenvalue weighted by Gasteiger charge is -2.06. The van der Waals surface area contributed by atoms with Gasteiger partial charge in [0, 0.05) is 0 Å². The van der Waals surface area contributed by atoms with Gasteiger partial charge < -0.3 is 4.74 Å². The van der Waals surface area contributed by atoms with Gasteiger partial charge in [-0.05, 0) is 36.2 Å². The third-order valence-corrected chi connectivity index (χ3v) is 4.38. The molecule has 1 aromatic heterocycles. The number of nitrogens with one attached hydrogen (secondary N) is 1. The monoisotopic (exact) mass is 344 g/mol. The van der Waals surface area contributed by atoms with Gasteiger partial charge in [0.1, 0.15) is 17.1 Å². The zero-order valence-electron chi connectivity index (χ0n) is 13.2. The van der Waals surface area contributed by atoms with Gasteiger partial charge >= 0.3 is 0 Å². The second-order valence-corrected chi connectivity index (χ2v) is 6.37. The predicted molar refractivity (Wildman–Crippen MR) is 94.1 cm³/mol. The summed E-state index contributed by atoms with van der Waals surface area (Å²) in [7, 11) is 0. The molecule has 124 valence electrons. The fraction of sp³-hybridized carbons (Fsp3) is 0.222. The molecule has 0 spiro atoms. The van der Waals surface area contributed by atoms with Crippen LogP contribution in [-0.4, -0.2) is 17.5 Å². The van der Waals surface area contributed by atoms with Crippen LogP contribution in [0.1, 0.15) is 18.9 Å². The molecule has 1 amide bonds. The quantitative estimate of drug-likeness (QED) is 0.721. The highest BCUT2D eigenvalue weighted by Gasteiger charge is 2.11. The molecule has 2 aromatic carbocycles. The predicted octanol–water partition coefficient (Wildman–Crippen LogP) is 4.41. The highest BCUT2D eigenvalue weighted by molar-refractivity contribution is 7.22. The fourth-order valence-corrected chi connectivity index (χ4v) is 3.21. The number of para-hydroxylation sites is 1. The summed E-state index contributed by atoms with van der Waals surface area (Å²) in [6.45, 7) is 2.01. The number of thiazole rings is 1. The summed E-state index contributed by atoms with van der Waals surface area (Å²) in [5.74, 6) is -0.0832. The van der Waals surface area contributed by atoms with Crippen molar-refractivity contribution in [1.82, 2.24) is 4.98 Å². The van der Waals surface area contributed by atoms with Crippen LogP contribution in [0.5, 0.6) is 5.75 Å². The molecular formula is C18H17FN2O2S. The zero-order valence-corrected chi connectivity index (χ0v) is 14.0. The van der Waals surface area contributed by atoms with Crippen molar-refractivity contribution in [2.45, 2.75) is 19.8 Å². The number of nitrogens with zero attached hydrogens (tertiary/aromatic N) is 1. The van der Waals surface area contributed by atoms with Gasteiger partial charge in [-0.3, -0.25) is 10.1 Å². The van der Waals surface area contributed by atoms with E-state index in [4.69, 9.17) is 4.74 Å². The minimum Gasteiger partial charge on any atom is -0.484 e. The van der Waals surface area contributed by atoms with Crippen LogP contribution in [0.2, 0.25) is 0 Å². The highest BCUT2D eigenvalue weighted by Crippen LogP contribution is 2.27. The second kappa shape index (κ2) is 7.40. The van der Waals surface area contributed by atoms with Crippen molar-refractivity contribution >= 4 is 32.6 Å². The number of fused-ring (bicyclic) bond motifs is 1. The van der Waals surface area contributed by atoms with E-state index in [9.17, 15) is 9.18 Å². The third kappa shape index (κ3) is 3.89. The first-order valence-electron chi connectivity index (χ1n) is 7.72. The van der Waals surface area contributed by atoms with Crippen LogP contribution in [0.25, 0.3) is 10.2 Å². The number of rotatable bonds is 6. The minimum atomic E-state index is -0.396. The molecule has 24 heavy (non-hydrogen) atoms. The van der Waals surface area contributed by atoms with E-state index in [0.29, 0.717) is 15.6 Å². The van der Waals surface area contributed by atoms with Crippen molar-refractivity contribution in [1.29, 1.82) is 0 Å². The maximum Gasteiger partial charge on any atom is 0.264 e. The van der Waals surface area contributed by atoms with Gasteiger partial charge in [-0.15, -0.1) is 0 Å². The zero-order chi connectivity index (χ0) is 16.9. The normalized spacial score (nSPS) is 10.8. The summed E-state index contributed by atoms with van der Waals surface area (Å²) in [5.41, 5.74) is 1.51. The molecule has 0 aliphatic heterocycles. The summed E-state index contributed by atoms with van der Waals surface area (Å²) in [4.78, 5) is 16.0. The molecule has 1 N–H and O–H groups in total. The molecule has 0 aliphatic rings. The van der Waals surface area contributed by atoms with Gasteiger partial charge in [0.2, 0.25) is 0 Å². The first kappa shape index (κ1) is 16.4. The summed E-state index contributed by atoms with van der Waals surface area (Å²) in [5, 5.41) is 3.00. The molecule has 0 saturated heterocycles. The summed E-state index contributed by atoms with van der Waals surface area (Å²) in [6.07, 6.45) is 2.11. The number of benzene rings is 2. The van der Waals surface area contributed by atoms with E-state index in [-0.39, 0.29) is 18.0 Å². The smallest absolute Gasteiger partial charge is 0.264 e. The number of anilines is 1. The minimum absolute atomic E-state index is 0.120. The fourth-order valence-electron chi connectivity index (χ4n) is 2.31. The maximum atomic E-state index is 13.6. The molecular weight excluding hydrogens is 327 g/mol. The van der Waals surface area contributed by atoms with Crippen LogP contribution >= 0.6 is 11.3 Å². The summed E-state index contributed by atoms with van der Waals surface area (Å²) in [6, 6.07) is 12.4. The molecule has 0 atom stereocenters. The Hall–Kier alpha value is -2.47. The van der Waals surface area contributed by atoms with E-state index in [1.165, 1.54) is 23.0 Å². The molecule has 3 aromatic rings. The van der Waals surface area contributed by atoms with Crippen LogP contribution in [0.4, 0.5) is 9.52 Å². The molecule has 0 unspecified atom stereocenters. The van der Waals surface area contributed by atoms with Crippen LogP contribution in [-0.2, 0) is 11.2 Å². The Morgan fingerprint density at radius 2 is 2.04 bits per heavy atom. The average molecular weight is 344 g/mol. The van der Waals surface area contributed by atoms with Crippen LogP contribution in [0, 0.1) is 5.82 Å². The topological polar surface area (TPSA) is 51.2 Å². The Kier molecular flexibility index (Phi) is 5.05. The van der Waals surface area contributed by atoms with Crippen molar-refractivity contribution in [2.75, 3.05) is 11.9 Å². The van der Waals surface area contributed by atoms with Crippen molar-refractivity contribution in [3.63, 3.8) is 0 Å². The Balaban J connectivity index is 1.57. The molecule has 3 rings (SSSR count). The van der Waals surface area contributed by atoms with Gasteiger partial charge in [-0.1, -0.05) is 42.9 Å². The van der Waals surface area contributed by atoms with E-state index in [2.05, 4.69) is 17.2 Å². The van der Waals surface area contributed by atoms with Crippen LogP contribution in [0.3, 0.4) is 0 Å². The SMILES string of the molecule is CCCc1ccc(OCC(=O)Nc2nc3c(F)cccc3s2)cc1. The number of aryl methyl sites for hydroxylation is 1. The first-order valence-corrected chi connectivity index (χ1v) is 8.54. The number of aromatic nitrogens is 1. The van der Waals surface area contributed by atoms with E-state index in [1.807, 2.05) is 24.3 Å². The van der Waals surface area contributed by atoms with Gasteiger partial charge in [-0.25, -0.2) is 9.37 Å². The lowest BCUT2D eigenvalue weighted by molar-refractivity contribution is -0.118. The molecule has 4 nitrogen and oxygen atoms in total. The van der Waals surface area contributed by atoms with Gasteiger partial charge in [0.05, 0.1) is 4.70 Å². The summed E-state index contributed by atoms with van der Waals surface area (Å²) >= 11 is 1.23. The lowest BCUT2D eigenvalue weighted by Crippen LogP contribution is -2.20. The van der Waals surface area contributed by atoms with Gasteiger partial charge in [0.25, 0.3) is 5.91 Å². The molecule has 6 heteroatoms. The van der Waals surface area contributed by atoms with Gasteiger partial charge in [-0.2, -0.15) is 0 Å². The van der Waals surface area contributed by atoms with E-state index in [1.54, 1.807) is 12.1 Å². The largest absolute Gasteiger partial charge is 0.484 e. The van der Waals surface area contributed by atoms with Crippen molar-refractivity contribution in [2.24, 2.45) is 0 Å². The summed E-state index contributed by atoms with van der Waals surface area (Å²) < 4.78 is 19.8. The Morgan fingerprint density at radius 3 is 2.75 bits per heavy atom. The Bertz CT molecular complexity index is 846. The molecule has 0 bridgehead atoms. The van der Waals surface area contributed by atoms with E-state index in [0.717, 1.165) is 12.8 Å². The first-order chi connectivity index (χ1) is 11.7. The average Bonchev–Trinajstić information content (AvgIpc) is 2.98. The number of halogens is 1. The van der Waals surface area contributed by atoms with E-state index >= 15 is 0 Å². The highest BCUT2D eigenvalue weighted by atomic mass is 32.1. The second-order valence-electron chi connectivity index (χ2n) is 5.34. The lowest BCUT2D eigenvalue weighted by atomic mass is 10.1. The van der Waals surface area contributed by atoms with E-state index < -0.39 is 5.82 Å². The van der Waals surface area contributed by atoms with Crippen molar-refractivity contribution in [3.05, 3.63) is 53.8 Å². The van der Waals surface area contributed by atoms with Crippen LogP contribution < -0.4 is 10.1 Å². The molecule has 1 heterocycles.